The van der Waals surface area contributed by atoms with E-state index in [2.05, 4.69) is 33.3 Å². The van der Waals surface area contributed by atoms with Crippen LogP contribution in [0.4, 0.5) is 0 Å². The number of carbonyl (C=O) groups excluding carboxylic acids is 1. The van der Waals surface area contributed by atoms with Gasteiger partial charge in [-0.2, -0.15) is 5.10 Å². The molecule has 112 valence electrons. The molecule has 0 aliphatic carbocycles. The fourth-order valence-corrected chi connectivity index (χ4v) is 3.39. The molecule has 0 bridgehead atoms. The van der Waals surface area contributed by atoms with Crippen LogP contribution in [0.25, 0.3) is 0 Å². The molecule has 0 saturated carbocycles. The normalized spacial score (nSPS) is 22.4. The summed E-state index contributed by atoms with van der Waals surface area (Å²) in [7, 11) is 1.65. The quantitative estimate of drug-likeness (QED) is 0.772. The van der Waals surface area contributed by atoms with Gasteiger partial charge in [0.1, 0.15) is 5.69 Å². The number of Topliss-reactive ketones (excluding diaryl/α,β-unsaturated/α-hetero) is 1. The summed E-state index contributed by atoms with van der Waals surface area (Å²) < 4.78 is 7.59. The van der Waals surface area contributed by atoms with Crippen LogP contribution in [0, 0.1) is 0 Å². The highest BCUT2D eigenvalue weighted by atomic mass is 79.9. The van der Waals surface area contributed by atoms with Crippen LogP contribution in [0.5, 0.6) is 0 Å². The van der Waals surface area contributed by atoms with Gasteiger partial charge in [0.25, 0.3) is 0 Å². The third-order valence-corrected chi connectivity index (χ3v) is 4.45. The first-order valence-electron chi connectivity index (χ1n) is 7.14. The van der Waals surface area contributed by atoms with E-state index in [4.69, 9.17) is 4.74 Å². The van der Waals surface area contributed by atoms with Crippen molar-refractivity contribution in [2.75, 3.05) is 20.3 Å². The van der Waals surface area contributed by atoms with Gasteiger partial charge in [0.15, 0.2) is 0 Å². The Bertz CT molecular complexity index is 467. The molecule has 2 heterocycles. The largest absolute Gasteiger partial charge is 0.383 e. The van der Waals surface area contributed by atoms with E-state index in [0.717, 1.165) is 36.7 Å². The summed E-state index contributed by atoms with van der Waals surface area (Å²) in [4.78, 5) is 13.0. The molecule has 1 atom stereocenters. The van der Waals surface area contributed by atoms with Gasteiger partial charge in [-0.25, -0.2) is 0 Å². The van der Waals surface area contributed by atoms with Crippen LogP contribution in [-0.4, -0.2) is 41.4 Å². The molecule has 5 nitrogen and oxygen atoms in total. The van der Waals surface area contributed by atoms with Crippen LogP contribution in [0.1, 0.15) is 43.1 Å². The Balaban J connectivity index is 2.29. The van der Waals surface area contributed by atoms with Crippen molar-refractivity contribution in [1.82, 2.24) is 15.1 Å². The molecule has 2 rings (SSSR count). The summed E-state index contributed by atoms with van der Waals surface area (Å²) in [5.41, 5.74) is 0.243. The van der Waals surface area contributed by atoms with Gasteiger partial charge in [0.05, 0.1) is 29.4 Å². The molecule has 0 aromatic carbocycles. The maximum Gasteiger partial charge on any atom is 0.201 e. The van der Waals surface area contributed by atoms with Crippen molar-refractivity contribution >= 4 is 21.7 Å². The van der Waals surface area contributed by atoms with Crippen LogP contribution >= 0.6 is 15.9 Å². The summed E-state index contributed by atoms with van der Waals surface area (Å²) in [5.74, 6) is 0.150. The molecule has 1 N–H and O–H groups in total. The molecule has 6 heteroatoms. The first-order chi connectivity index (χ1) is 9.64. The second-order valence-electron chi connectivity index (χ2n) is 5.25. The van der Waals surface area contributed by atoms with Crippen molar-refractivity contribution in [3.05, 3.63) is 16.4 Å². The molecule has 1 aromatic rings. The van der Waals surface area contributed by atoms with Gasteiger partial charge in [-0.3, -0.25) is 9.48 Å². The zero-order chi connectivity index (χ0) is 14.6. The topological polar surface area (TPSA) is 56.2 Å². The Morgan fingerprint density at radius 3 is 3.05 bits per heavy atom. The highest BCUT2D eigenvalue weighted by molar-refractivity contribution is 9.10. The van der Waals surface area contributed by atoms with E-state index < -0.39 is 5.54 Å². The van der Waals surface area contributed by atoms with E-state index in [1.54, 1.807) is 18.0 Å². The fraction of sp³-hybridized carbons (Fsp3) is 0.714. The number of nitrogens with zero attached hydrogens (tertiary/aromatic N) is 2. The van der Waals surface area contributed by atoms with E-state index in [1.165, 1.54) is 0 Å². The number of rotatable bonds is 7. The standard InChI is InChI=1S/C14H22BrN3O2/c1-3-5-14(6-4-7-16-14)13(19)12-11(15)10-17-18(12)8-9-20-2/h10,16H,3-9H2,1-2H3. The third-order valence-electron chi connectivity index (χ3n) is 3.87. The molecule has 0 spiro atoms. The SMILES string of the molecule is CCCC1(C(=O)c2c(Br)cnn2CCOC)CCCN1. The van der Waals surface area contributed by atoms with Crippen molar-refractivity contribution < 1.29 is 9.53 Å². The van der Waals surface area contributed by atoms with Crippen molar-refractivity contribution in [3.63, 3.8) is 0 Å². The predicted molar refractivity (Wildman–Crippen MR) is 81.0 cm³/mol. The average molecular weight is 344 g/mol. The Kier molecular flexibility index (Phi) is 5.35. The van der Waals surface area contributed by atoms with Crippen molar-refractivity contribution in [1.29, 1.82) is 0 Å². The first kappa shape index (κ1) is 15.7. The number of halogens is 1. The minimum atomic E-state index is -0.415. The minimum Gasteiger partial charge on any atom is -0.383 e. The number of hydrogen-bond donors (Lipinski definition) is 1. The van der Waals surface area contributed by atoms with Crippen molar-refractivity contribution in [2.24, 2.45) is 0 Å². The summed E-state index contributed by atoms with van der Waals surface area (Å²) in [6.07, 6.45) is 5.50. The number of ketones is 1. The van der Waals surface area contributed by atoms with Crippen LogP contribution in [0.15, 0.2) is 10.7 Å². The molecule has 0 radical (unpaired) electrons. The maximum absolute atomic E-state index is 13.0. The molecule has 1 saturated heterocycles. The number of hydrogen-bond acceptors (Lipinski definition) is 4. The molecule has 1 aliphatic rings. The van der Waals surface area contributed by atoms with Crippen LogP contribution in [0.3, 0.4) is 0 Å². The van der Waals surface area contributed by atoms with E-state index in [-0.39, 0.29) is 5.78 Å². The maximum atomic E-state index is 13.0. The zero-order valence-corrected chi connectivity index (χ0v) is 13.7. The van der Waals surface area contributed by atoms with Crippen molar-refractivity contribution in [3.8, 4) is 0 Å². The summed E-state index contributed by atoms with van der Waals surface area (Å²) in [6.45, 7) is 4.16. The Labute approximate surface area is 128 Å². The molecule has 20 heavy (non-hydrogen) atoms. The lowest BCUT2D eigenvalue weighted by Gasteiger charge is -2.28. The summed E-state index contributed by atoms with van der Waals surface area (Å²) >= 11 is 3.46. The van der Waals surface area contributed by atoms with Gasteiger partial charge < -0.3 is 10.1 Å². The lowest BCUT2D eigenvalue weighted by molar-refractivity contribution is 0.0841. The van der Waals surface area contributed by atoms with E-state index in [9.17, 15) is 4.79 Å². The second-order valence-corrected chi connectivity index (χ2v) is 6.10. The highest BCUT2D eigenvalue weighted by Crippen LogP contribution is 2.31. The van der Waals surface area contributed by atoms with Gasteiger partial charge in [0.2, 0.25) is 5.78 Å². The van der Waals surface area contributed by atoms with Crippen molar-refractivity contribution in [2.45, 2.75) is 44.7 Å². The highest BCUT2D eigenvalue weighted by Gasteiger charge is 2.42. The van der Waals surface area contributed by atoms with Crippen LogP contribution < -0.4 is 5.32 Å². The van der Waals surface area contributed by atoms with Crippen LogP contribution in [0.2, 0.25) is 0 Å². The number of nitrogens with one attached hydrogen (secondary N) is 1. The number of carbonyl (C=O) groups is 1. The molecule has 1 fully saturated rings. The third kappa shape index (κ3) is 2.97. The van der Waals surface area contributed by atoms with Gasteiger partial charge in [-0.1, -0.05) is 13.3 Å². The average Bonchev–Trinajstić information content (AvgIpc) is 3.04. The molecular formula is C14H22BrN3O2. The summed E-state index contributed by atoms with van der Waals surface area (Å²) in [5, 5.41) is 7.71. The van der Waals surface area contributed by atoms with Gasteiger partial charge >= 0.3 is 0 Å². The Morgan fingerprint density at radius 1 is 1.65 bits per heavy atom. The van der Waals surface area contributed by atoms with E-state index >= 15 is 0 Å². The molecule has 0 amide bonds. The van der Waals surface area contributed by atoms with Gasteiger partial charge in [0, 0.05) is 7.11 Å². The molecule has 1 aromatic heterocycles. The second kappa shape index (κ2) is 6.83. The lowest BCUT2D eigenvalue weighted by Crippen LogP contribution is -2.48. The molecule has 1 unspecified atom stereocenters. The monoisotopic (exact) mass is 343 g/mol. The number of ether oxygens (including phenoxy) is 1. The molecule has 1 aliphatic heterocycles. The van der Waals surface area contributed by atoms with Gasteiger partial charge in [-0.15, -0.1) is 0 Å². The smallest absolute Gasteiger partial charge is 0.201 e. The minimum absolute atomic E-state index is 0.150. The summed E-state index contributed by atoms with van der Waals surface area (Å²) in [6, 6.07) is 0. The fourth-order valence-electron chi connectivity index (χ4n) is 2.92. The van der Waals surface area contributed by atoms with Crippen LogP contribution in [-0.2, 0) is 11.3 Å². The lowest BCUT2D eigenvalue weighted by atomic mass is 9.85. The Morgan fingerprint density at radius 2 is 2.45 bits per heavy atom. The number of aromatic nitrogens is 2. The predicted octanol–water partition coefficient (Wildman–Crippen LogP) is 2.40. The van der Waals surface area contributed by atoms with E-state index in [0.29, 0.717) is 18.8 Å². The number of methoxy groups -OCH3 is 1. The molecular weight excluding hydrogens is 322 g/mol. The Hall–Kier alpha value is -0.720. The van der Waals surface area contributed by atoms with Gasteiger partial charge in [-0.05, 0) is 41.7 Å². The zero-order valence-electron chi connectivity index (χ0n) is 12.1. The van der Waals surface area contributed by atoms with E-state index in [1.807, 2.05) is 0 Å². The first-order valence-corrected chi connectivity index (χ1v) is 7.94.